The Hall–Kier alpha value is -4.71. The van der Waals surface area contributed by atoms with Crippen LogP contribution < -0.4 is 0 Å². The molecule has 0 aromatic rings. The van der Waals surface area contributed by atoms with Crippen LogP contribution in [0.15, 0.2) is 146 Å². The van der Waals surface area contributed by atoms with Crippen LogP contribution in [0.4, 0.5) is 0 Å². The standard InChI is InChI=1S/C69H110O6/c1-4-7-10-13-16-19-22-25-27-28-29-30-31-32-33-34-35-36-37-38-39-40-42-44-47-50-53-56-59-62-68(71)74-65-66(64-73-67(70)61-58-55-52-49-46-43-24-21-18-15-12-9-6-3)75-69(72)63-60-57-54-51-48-45-41-26-23-20-17-14-11-8-5-2/h7-8,10-11,16-17,19-20,25-27,29-30,32-33,35-36,38-39,41,48,51,57,60,66H,4-6,9,12-15,18,21-24,28,31,34,37,40,42-47,49-50,52-56,58-59,61-65H2,1-3H3/b10-7-,11-8-,19-16-,20-17-,27-25-,30-29-,33-32-,36-35-,39-38-,41-26-,51-48-,60-57-. The van der Waals surface area contributed by atoms with Crippen molar-refractivity contribution in [3.63, 3.8) is 0 Å². The van der Waals surface area contributed by atoms with E-state index in [1.165, 1.54) is 83.5 Å². The van der Waals surface area contributed by atoms with Gasteiger partial charge in [0.15, 0.2) is 6.10 Å². The van der Waals surface area contributed by atoms with Crippen LogP contribution in [-0.2, 0) is 28.6 Å². The molecule has 0 aromatic carbocycles. The minimum absolute atomic E-state index is 0.0899. The molecule has 6 heteroatoms. The largest absolute Gasteiger partial charge is 0.462 e. The second-order valence-corrected chi connectivity index (χ2v) is 19.5. The Bertz CT molecular complexity index is 1660. The number of carbonyl (C=O) groups is 3. The molecule has 0 aliphatic rings. The lowest BCUT2D eigenvalue weighted by Crippen LogP contribution is -2.30. The Labute approximate surface area is 461 Å². The van der Waals surface area contributed by atoms with E-state index in [0.717, 1.165) is 122 Å². The van der Waals surface area contributed by atoms with Gasteiger partial charge in [-0.3, -0.25) is 14.4 Å². The van der Waals surface area contributed by atoms with Crippen molar-refractivity contribution >= 4 is 17.9 Å². The fourth-order valence-electron chi connectivity index (χ4n) is 7.91. The predicted octanol–water partition coefficient (Wildman–Crippen LogP) is 20.8. The molecule has 0 bridgehead atoms. The van der Waals surface area contributed by atoms with Crippen LogP contribution in [0.25, 0.3) is 0 Å². The lowest BCUT2D eigenvalue weighted by atomic mass is 10.0. The molecule has 0 rings (SSSR count). The zero-order valence-electron chi connectivity index (χ0n) is 48.3. The average molecular weight is 1040 g/mol. The van der Waals surface area contributed by atoms with Gasteiger partial charge in [0.25, 0.3) is 0 Å². The first-order chi connectivity index (χ1) is 37.0. The summed E-state index contributed by atoms with van der Waals surface area (Å²) in [5.41, 5.74) is 0. The first-order valence-electron chi connectivity index (χ1n) is 30.3. The van der Waals surface area contributed by atoms with Gasteiger partial charge >= 0.3 is 17.9 Å². The minimum atomic E-state index is -0.841. The van der Waals surface area contributed by atoms with Crippen LogP contribution in [0.5, 0.6) is 0 Å². The molecule has 0 saturated carbocycles. The molecule has 0 aliphatic carbocycles. The third-order valence-electron chi connectivity index (χ3n) is 12.4. The summed E-state index contributed by atoms with van der Waals surface area (Å²) in [6.07, 6.45) is 88.7. The minimum Gasteiger partial charge on any atom is -0.462 e. The van der Waals surface area contributed by atoms with Gasteiger partial charge in [-0.2, -0.15) is 0 Å². The SMILES string of the molecule is CC/C=C\C/C=C\C/C=C\C/C=C\C/C=C\C/C=C\C/C=C\CCCCCCCCCC(=O)OCC(COC(=O)CCCCCCCCCCCCCCC)OC(=O)C/C=C\C/C=C\C/C=C\C/C=C\C/C=C\CC. The van der Waals surface area contributed by atoms with Crippen LogP contribution in [0.1, 0.15) is 252 Å². The molecule has 1 unspecified atom stereocenters. The van der Waals surface area contributed by atoms with Gasteiger partial charge in [-0.1, -0.05) is 276 Å². The molecular formula is C69H110O6. The summed E-state index contributed by atoms with van der Waals surface area (Å²) in [6.45, 7) is 6.31. The predicted molar refractivity (Wildman–Crippen MR) is 325 cm³/mol. The van der Waals surface area contributed by atoms with Crippen molar-refractivity contribution in [2.75, 3.05) is 13.2 Å². The van der Waals surface area contributed by atoms with E-state index in [9.17, 15) is 14.4 Å². The number of hydrogen-bond donors (Lipinski definition) is 0. The monoisotopic (exact) mass is 1030 g/mol. The van der Waals surface area contributed by atoms with Crippen LogP contribution in [0, 0.1) is 0 Å². The Kier molecular flexibility index (Phi) is 58.0. The zero-order chi connectivity index (χ0) is 54.3. The third-order valence-corrected chi connectivity index (χ3v) is 12.4. The molecule has 0 radical (unpaired) electrons. The fraction of sp³-hybridized carbons (Fsp3) is 0.609. The van der Waals surface area contributed by atoms with Gasteiger partial charge in [0, 0.05) is 12.8 Å². The van der Waals surface area contributed by atoms with Gasteiger partial charge in [-0.25, -0.2) is 0 Å². The summed E-state index contributed by atoms with van der Waals surface area (Å²) >= 11 is 0. The van der Waals surface area contributed by atoms with E-state index in [0.29, 0.717) is 19.3 Å². The van der Waals surface area contributed by atoms with Crippen molar-refractivity contribution in [3.05, 3.63) is 146 Å². The summed E-state index contributed by atoms with van der Waals surface area (Å²) in [5.74, 6) is -1.07. The molecule has 0 N–H and O–H groups in total. The van der Waals surface area contributed by atoms with E-state index in [-0.39, 0.29) is 31.6 Å². The van der Waals surface area contributed by atoms with Gasteiger partial charge in [-0.05, 0) is 103 Å². The number of hydrogen-bond acceptors (Lipinski definition) is 6. The van der Waals surface area contributed by atoms with Gasteiger partial charge in [0.05, 0.1) is 6.42 Å². The van der Waals surface area contributed by atoms with Crippen molar-refractivity contribution in [3.8, 4) is 0 Å². The highest BCUT2D eigenvalue weighted by atomic mass is 16.6. The Morgan fingerprint density at radius 1 is 0.293 bits per heavy atom. The van der Waals surface area contributed by atoms with Crippen LogP contribution in [-0.4, -0.2) is 37.2 Å². The molecule has 0 amide bonds. The molecule has 75 heavy (non-hydrogen) atoms. The number of rotatable bonds is 53. The molecule has 0 spiro atoms. The van der Waals surface area contributed by atoms with Gasteiger partial charge in [-0.15, -0.1) is 0 Å². The van der Waals surface area contributed by atoms with E-state index in [1.54, 1.807) is 6.08 Å². The number of carbonyl (C=O) groups excluding carboxylic acids is 3. The molecule has 1 atom stereocenters. The van der Waals surface area contributed by atoms with Gasteiger partial charge in [0.2, 0.25) is 0 Å². The highest BCUT2D eigenvalue weighted by Gasteiger charge is 2.19. The highest BCUT2D eigenvalue weighted by molar-refractivity contribution is 5.72. The molecular weight excluding hydrogens is 925 g/mol. The molecule has 0 saturated heterocycles. The van der Waals surface area contributed by atoms with E-state index >= 15 is 0 Å². The summed E-state index contributed by atoms with van der Waals surface area (Å²) in [6, 6.07) is 0. The maximum absolute atomic E-state index is 12.8. The van der Waals surface area contributed by atoms with Crippen molar-refractivity contribution in [2.24, 2.45) is 0 Å². The number of unbranched alkanes of at least 4 members (excludes halogenated alkanes) is 19. The summed E-state index contributed by atoms with van der Waals surface area (Å²) < 4.78 is 16.7. The maximum atomic E-state index is 12.8. The van der Waals surface area contributed by atoms with Gasteiger partial charge < -0.3 is 14.2 Å². The van der Waals surface area contributed by atoms with Crippen LogP contribution >= 0.6 is 0 Å². The first-order valence-corrected chi connectivity index (χ1v) is 30.3. The summed E-state index contributed by atoms with van der Waals surface area (Å²) in [5, 5.41) is 0. The second-order valence-electron chi connectivity index (χ2n) is 19.5. The molecule has 0 heterocycles. The Morgan fingerprint density at radius 2 is 0.560 bits per heavy atom. The van der Waals surface area contributed by atoms with E-state index in [4.69, 9.17) is 14.2 Å². The van der Waals surface area contributed by atoms with E-state index in [1.807, 2.05) is 6.08 Å². The first kappa shape index (κ1) is 70.3. The maximum Gasteiger partial charge on any atom is 0.310 e. The molecule has 0 fully saturated rings. The summed E-state index contributed by atoms with van der Waals surface area (Å²) in [7, 11) is 0. The molecule has 422 valence electrons. The van der Waals surface area contributed by atoms with E-state index < -0.39 is 12.1 Å². The fourth-order valence-corrected chi connectivity index (χ4v) is 7.91. The Balaban J connectivity index is 4.40. The highest BCUT2D eigenvalue weighted by Crippen LogP contribution is 2.15. The van der Waals surface area contributed by atoms with Crippen molar-refractivity contribution in [1.82, 2.24) is 0 Å². The van der Waals surface area contributed by atoms with Crippen LogP contribution in [0.3, 0.4) is 0 Å². The quantitative estimate of drug-likeness (QED) is 0.0261. The summed E-state index contributed by atoms with van der Waals surface area (Å²) in [4.78, 5) is 38.1. The number of allylic oxidation sites excluding steroid dienone is 23. The van der Waals surface area contributed by atoms with Gasteiger partial charge in [0.1, 0.15) is 13.2 Å². The smallest absolute Gasteiger partial charge is 0.310 e. The molecule has 0 aliphatic heterocycles. The lowest BCUT2D eigenvalue weighted by molar-refractivity contribution is -0.166. The Morgan fingerprint density at radius 3 is 0.880 bits per heavy atom. The molecule has 6 nitrogen and oxygen atoms in total. The van der Waals surface area contributed by atoms with Crippen molar-refractivity contribution < 1.29 is 28.6 Å². The lowest BCUT2D eigenvalue weighted by Gasteiger charge is -2.18. The van der Waals surface area contributed by atoms with Crippen LogP contribution in [0.2, 0.25) is 0 Å². The molecule has 0 aromatic heterocycles. The van der Waals surface area contributed by atoms with Crippen molar-refractivity contribution in [1.29, 1.82) is 0 Å². The zero-order valence-corrected chi connectivity index (χ0v) is 48.3. The average Bonchev–Trinajstić information content (AvgIpc) is 3.41. The van der Waals surface area contributed by atoms with E-state index in [2.05, 4.69) is 154 Å². The normalized spacial score (nSPS) is 13.2. The van der Waals surface area contributed by atoms with Crippen molar-refractivity contribution in [2.45, 2.75) is 258 Å². The number of esters is 3. The third kappa shape index (κ3) is 60.0. The topological polar surface area (TPSA) is 78.9 Å². The second kappa shape index (κ2) is 61.8. The number of ether oxygens (including phenoxy) is 3.